The van der Waals surface area contributed by atoms with Gasteiger partial charge in [0.15, 0.2) is 0 Å². The Kier molecular flexibility index (Phi) is 6.03. The monoisotopic (exact) mass is 352 g/mol. The number of alkyl halides is 4. The summed E-state index contributed by atoms with van der Waals surface area (Å²) in [5, 5.41) is -0.0992. The van der Waals surface area contributed by atoms with Crippen molar-refractivity contribution >= 4 is 75.1 Å². The Morgan fingerprint density at radius 2 is 1.76 bits per heavy atom. The van der Waals surface area contributed by atoms with E-state index in [4.69, 9.17) is 62.7 Å². The molecule has 8 heteroatoms. The fraction of sp³-hybridized carbons (Fsp3) is 0.222. The minimum absolute atomic E-state index is 0.569. The van der Waals surface area contributed by atoms with E-state index in [0.717, 1.165) is 11.8 Å². The smallest absolute Gasteiger partial charge is 0.373 e. The molecule has 1 aromatic carbocycles. The van der Waals surface area contributed by atoms with Gasteiger partial charge in [0.25, 0.3) is 0 Å². The SMILES string of the molecule is O=C(O[C@H](Cl)C(Cl)(Cl)Cl)Sc1ccc(Cl)cc1. The van der Waals surface area contributed by atoms with Crippen molar-refractivity contribution < 1.29 is 9.53 Å². The first-order chi connectivity index (χ1) is 7.79. The minimum atomic E-state index is -1.86. The maximum atomic E-state index is 11.4. The van der Waals surface area contributed by atoms with E-state index < -0.39 is 14.7 Å². The lowest BCUT2D eigenvalue weighted by Gasteiger charge is -2.17. The van der Waals surface area contributed by atoms with Crippen molar-refractivity contribution in [2.45, 2.75) is 14.3 Å². The molecule has 0 aromatic heterocycles. The Morgan fingerprint density at radius 1 is 1.24 bits per heavy atom. The van der Waals surface area contributed by atoms with Crippen molar-refractivity contribution in [2.24, 2.45) is 0 Å². The molecule has 2 nitrogen and oxygen atoms in total. The third-order valence-corrected chi connectivity index (χ3v) is 3.84. The zero-order valence-corrected chi connectivity index (χ0v) is 12.6. The van der Waals surface area contributed by atoms with Crippen LogP contribution in [0, 0.1) is 0 Å². The first-order valence-electron chi connectivity index (χ1n) is 4.14. The molecule has 1 atom stereocenters. The summed E-state index contributed by atoms with van der Waals surface area (Å²) in [5.41, 5.74) is -1.35. The van der Waals surface area contributed by atoms with Gasteiger partial charge in [0.05, 0.1) is 0 Å². The van der Waals surface area contributed by atoms with Gasteiger partial charge in [-0.15, -0.1) is 0 Å². The summed E-state index contributed by atoms with van der Waals surface area (Å²) >= 11 is 28.4. The molecule has 0 saturated carbocycles. The van der Waals surface area contributed by atoms with Crippen LogP contribution in [-0.4, -0.2) is 14.7 Å². The van der Waals surface area contributed by atoms with Crippen LogP contribution in [-0.2, 0) is 4.74 Å². The Hall–Kier alpha value is 0.490. The molecule has 0 aliphatic carbocycles. The number of rotatable bonds is 2. The van der Waals surface area contributed by atoms with E-state index in [1.54, 1.807) is 24.3 Å². The van der Waals surface area contributed by atoms with Gasteiger partial charge in [0, 0.05) is 9.92 Å². The summed E-state index contributed by atoms with van der Waals surface area (Å²) in [4.78, 5) is 12.0. The number of halogens is 5. The Balaban J connectivity index is 2.53. The van der Waals surface area contributed by atoms with Gasteiger partial charge in [-0.1, -0.05) is 58.0 Å². The summed E-state index contributed by atoms with van der Waals surface area (Å²) < 4.78 is 2.85. The molecule has 0 fully saturated rings. The quantitative estimate of drug-likeness (QED) is 0.398. The van der Waals surface area contributed by atoms with E-state index in [-0.39, 0.29) is 0 Å². The van der Waals surface area contributed by atoms with Crippen molar-refractivity contribution in [3.8, 4) is 0 Å². The van der Waals surface area contributed by atoms with Gasteiger partial charge in [-0.3, -0.25) is 0 Å². The van der Waals surface area contributed by atoms with Crippen LogP contribution in [0.3, 0.4) is 0 Å². The zero-order valence-electron chi connectivity index (χ0n) is 8.00. The highest BCUT2D eigenvalue weighted by Gasteiger charge is 2.34. The predicted molar refractivity (Wildman–Crippen MR) is 73.7 cm³/mol. The number of hydrogen-bond acceptors (Lipinski definition) is 3. The van der Waals surface area contributed by atoms with E-state index in [9.17, 15) is 4.79 Å². The van der Waals surface area contributed by atoms with Gasteiger partial charge >= 0.3 is 5.30 Å². The molecule has 0 bridgehead atoms. The van der Waals surface area contributed by atoms with E-state index in [2.05, 4.69) is 0 Å². The second-order valence-corrected chi connectivity index (χ2v) is 6.99. The summed E-state index contributed by atoms with van der Waals surface area (Å²) in [6.07, 6.45) is 0. The van der Waals surface area contributed by atoms with Gasteiger partial charge in [-0.05, 0) is 36.0 Å². The lowest BCUT2D eigenvalue weighted by atomic mass is 10.4. The zero-order chi connectivity index (χ0) is 13.1. The molecule has 0 N–H and O–H groups in total. The number of carbonyl (C=O) groups excluding carboxylic acids is 1. The maximum Gasteiger partial charge on any atom is 0.373 e. The van der Waals surface area contributed by atoms with Gasteiger partial charge in [0.2, 0.25) is 9.36 Å². The molecule has 0 heterocycles. The van der Waals surface area contributed by atoms with Crippen LogP contribution in [0.4, 0.5) is 4.79 Å². The van der Waals surface area contributed by atoms with E-state index in [1.807, 2.05) is 0 Å². The second-order valence-electron chi connectivity index (χ2n) is 2.78. The average Bonchev–Trinajstić information content (AvgIpc) is 2.20. The molecule has 1 aromatic rings. The maximum absolute atomic E-state index is 11.4. The third-order valence-electron chi connectivity index (χ3n) is 1.47. The summed E-state index contributed by atoms with van der Waals surface area (Å²) in [7, 11) is 0. The fourth-order valence-corrected chi connectivity index (χ4v) is 1.78. The van der Waals surface area contributed by atoms with Crippen molar-refractivity contribution in [1.82, 2.24) is 0 Å². The number of hydrogen-bond donors (Lipinski definition) is 0. The highest BCUT2D eigenvalue weighted by molar-refractivity contribution is 8.13. The van der Waals surface area contributed by atoms with E-state index in [0.29, 0.717) is 9.92 Å². The predicted octanol–water partition coefficient (Wildman–Crippen LogP) is 5.50. The lowest BCUT2D eigenvalue weighted by molar-refractivity contribution is 0.162. The molecule has 0 spiro atoms. The van der Waals surface area contributed by atoms with Crippen molar-refractivity contribution in [3.63, 3.8) is 0 Å². The Bertz CT molecular complexity index is 389. The molecule has 0 unspecified atom stereocenters. The fourth-order valence-electron chi connectivity index (χ4n) is 0.774. The van der Waals surface area contributed by atoms with Crippen LogP contribution in [0.2, 0.25) is 5.02 Å². The minimum Gasteiger partial charge on any atom is -0.433 e. The van der Waals surface area contributed by atoms with Crippen LogP contribution >= 0.6 is 69.8 Å². The normalized spacial score (nSPS) is 13.2. The van der Waals surface area contributed by atoms with Crippen molar-refractivity contribution in [2.75, 3.05) is 0 Å². The van der Waals surface area contributed by atoms with Crippen molar-refractivity contribution in [1.29, 1.82) is 0 Å². The summed E-state index contributed by atoms with van der Waals surface area (Å²) in [6, 6.07) is 6.61. The highest BCUT2D eigenvalue weighted by Crippen LogP contribution is 2.36. The molecule has 1 rings (SSSR count). The van der Waals surface area contributed by atoms with Crippen LogP contribution in [0.1, 0.15) is 0 Å². The first kappa shape index (κ1) is 15.5. The van der Waals surface area contributed by atoms with Gasteiger partial charge in [-0.2, -0.15) is 0 Å². The molecule has 0 saturated heterocycles. The second kappa shape index (κ2) is 6.60. The van der Waals surface area contributed by atoms with Gasteiger partial charge < -0.3 is 4.74 Å². The summed E-state index contributed by atoms with van der Waals surface area (Å²) in [6.45, 7) is 0. The topological polar surface area (TPSA) is 26.3 Å². The Labute approximate surface area is 127 Å². The van der Waals surface area contributed by atoms with E-state index in [1.165, 1.54) is 0 Å². The molecular weight excluding hydrogens is 349 g/mol. The van der Waals surface area contributed by atoms with Crippen LogP contribution in [0.15, 0.2) is 29.2 Å². The molecule has 0 aliphatic rings. The van der Waals surface area contributed by atoms with E-state index >= 15 is 0 Å². The molecule has 17 heavy (non-hydrogen) atoms. The van der Waals surface area contributed by atoms with Crippen LogP contribution in [0.5, 0.6) is 0 Å². The van der Waals surface area contributed by atoms with Gasteiger partial charge in [-0.25, -0.2) is 4.79 Å². The molecule has 0 aliphatic heterocycles. The van der Waals surface area contributed by atoms with Crippen LogP contribution in [0.25, 0.3) is 0 Å². The lowest BCUT2D eigenvalue weighted by Crippen LogP contribution is -2.24. The average molecular weight is 354 g/mol. The largest absolute Gasteiger partial charge is 0.433 e. The number of thioether (sulfide) groups is 1. The molecular formula is C9H5Cl5O2S. The van der Waals surface area contributed by atoms with Crippen LogP contribution < -0.4 is 0 Å². The number of carbonyl (C=O) groups is 1. The van der Waals surface area contributed by atoms with Gasteiger partial charge in [0.1, 0.15) is 0 Å². The number of benzene rings is 1. The van der Waals surface area contributed by atoms with Crippen molar-refractivity contribution in [3.05, 3.63) is 29.3 Å². The highest BCUT2D eigenvalue weighted by atomic mass is 35.6. The number of ether oxygens (including phenoxy) is 1. The summed E-state index contributed by atoms with van der Waals surface area (Å²) in [5.74, 6) is 0. The Morgan fingerprint density at radius 3 is 2.24 bits per heavy atom. The first-order valence-corrected chi connectivity index (χ1v) is 6.90. The third kappa shape index (κ3) is 5.77. The molecule has 0 amide bonds. The standard InChI is InChI=1S/C9H5Cl5O2S/c10-5-1-3-6(4-2-5)17-8(15)16-7(11)9(12,13)14/h1-4,7H/t7-/m0/s1. The molecule has 0 radical (unpaired) electrons. The molecule has 94 valence electrons.